The molecule has 2 unspecified atom stereocenters. The molecule has 0 amide bonds. The van der Waals surface area contributed by atoms with E-state index in [4.69, 9.17) is 4.74 Å². The summed E-state index contributed by atoms with van der Waals surface area (Å²) >= 11 is 0. The van der Waals surface area contributed by atoms with Gasteiger partial charge in [0.05, 0.1) is 25.1 Å². The highest BCUT2D eigenvalue weighted by Crippen LogP contribution is 2.49. The van der Waals surface area contributed by atoms with E-state index in [2.05, 4.69) is 17.9 Å². The van der Waals surface area contributed by atoms with Crippen molar-refractivity contribution in [1.29, 1.82) is 5.26 Å². The minimum Gasteiger partial charge on any atom is -0.508 e. The van der Waals surface area contributed by atoms with E-state index in [1.165, 1.54) is 0 Å². The largest absolute Gasteiger partial charge is 0.508 e. The van der Waals surface area contributed by atoms with Gasteiger partial charge >= 0.3 is 0 Å². The maximum Gasteiger partial charge on any atom is 0.118 e. The van der Waals surface area contributed by atoms with Gasteiger partial charge in [-0.3, -0.25) is 0 Å². The number of aromatic hydroxyl groups is 1. The van der Waals surface area contributed by atoms with Crippen LogP contribution in [0.2, 0.25) is 0 Å². The molecule has 0 saturated heterocycles. The Balaban J connectivity index is 2.08. The summed E-state index contributed by atoms with van der Waals surface area (Å²) < 4.78 is 5.20. The molecule has 112 valence electrons. The van der Waals surface area contributed by atoms with Crippen molar-refractivity contribution in [3.05, 3.63) is 53.6 Å². The molecule has 0 fully saturated rings. The van der Waals surface area contributed by atoms with Gasteiger partial charge in [-0.1, -0.05) is 18.2 Å². The van der Waals surface area contributed by atoms with Crippen LogP contribution in [-0.2, 0) is 0 Å². The Morgan fingerprint density at radius 1 is 1.23 bits per heavy atom. The topological polar surface area (TPSA) is 56.5 Å². The lowest BCUT2D eigenvalue weighted by molar-refractivity contribution is 0.414. The van der Waals surface area contributed by atoms with Gasteiger partial charge in [0.1, 0.15) is 11.5 Å². The average Bonchev–Trinajstić information content (AvgIpc) is 2.87. The Morgan fingerprint density at radius 3 is 2.55 bits per heavy atom. The average molecular weight is 294 g/mol. The second-order valence-corrected chi connectivity index (χ2v) is 5.35. The van der Waals surface area contributed by atoms with Crippen LogP contribution >= 0.6 is 0 Å². The Morgan fingerprint density at radius 2 is 1.95 bits per heavy atom. The first kappa shape index (κ1) is 14.3. The van der Waals surface area contributed by atoms with Crippen LogP contribution in [0.15, 0.2) is 42.5 Å². The quantitative estimate of drug-likeness (QED) is 0.940. The summed E-state index contributed by atoms with van der Waals surface area (Å²) in [4.78, 5) is 2.17. The number of likely N-dealkylation sites (N-methyl/N-ethyl adjacent to an activating group) is 1. The Kier molecular flexibility index (Phi) is 3.64. The fourth-order valence-electron chi connectivity index (χ4n) is 3.22. The van der Waals surface area contributed by atoms with E-state index in [0.717, 1.165) is 29.1 Å². The highest BCUT2D eigenvalue weighted by molar-refractivity contribution is 5.67. The van der Waals surface area contributed by atoms with Gasteiger partial charge in [-0.15, -0.1) is 0 Å². The van der Waals surface area contributed by atoms with Crippen molar-refractivity contribution in [2.24, 2.45) is 0 Å². The summed E-state index contributed by atoms with van der Waals surface area (Å²) in [6, 6.07) is 15.5. The van der Waals surface area contributed by atoms with Crippen LogP contribution in [0.5, 0.6) is 11.5 Å². The second kappa shape index (κ2) is 5.61. The summed E-state index contributed by atoms with van der Waals surface area (Å²) in [6.07, 6.45) is 0. The summed E-state index contributed by atoms with van der Waals surface area (Å²) in [5.41, 5.74) is 2.99. The van der Waals surface area contributed by atoms with Crippen molar-refractivity contribution < 1.29 is 9.84 Å². The predicted octanol–water partition coefficient (Wildman–Crippen LogP) is 3.59. The molecule has 0 aromatic heterocycles. The first-order valence-electron chi connectivity index (χ1n) is 7.32. The van der Waals surface area contributed by atoms with E-state index in [1.807, 2.05) is 30.3 Å². The summed E-state index contributed by atoms with van der Waals surface area (Å²) in [7, 11) is 1.64. The molecule has 2 aromatic rings. The predicted molar refractivity (Wildman–Crippen MR) is 85.2 cm³/mol. The second-order valence-electron chi connectivity index (χ2n) is 5.35. The van der Waals surface area contributed by atoms with Crippen LogP contribution in [0.1, 0.15) is 30.0 Å². The Labute approximate surface area is 130 Å². The Bertz CT molecular complexity index is 719. The molecule has 0 aliphatic carbocycles. The molecule has 1 heterocycles. The maximum atomic E-state index is 9.77. The molecule has 1 N–H and O–H groups in total. The normalized spacial score (nSPS) is 19.6. The molecule has 1 aliphatic rings. The van der Waals surface area contributed by atoms with E-state index >= 15 is 0 Å². The third-order valence-electron chi connectivity index (χ3n) is 4.25. The monoisotopic (exact) mass is 294 g/mol. The van der Waals surface area contributed by atoms with Crippen molar-refractivity contribution in [1.82, 2.24) is 0 Å². The number of hydrogen-bond donors (Lipinski definition) is 1. The molecule has 0 bridgehead atoms. The van der Waals surface area contributed by atoms with E-state index in [-0.39, 0.29) is 17.7 Å². The molecule has 4 heteroatoms. The first-order chi connectivity index (χ1) is 10.7. The number of fused-ring (bicyclic) bond motifs is 1. The molecular weight excluding hydrogens is 276 g/mol. The number of hydrogen-bond acceptors (Lipinski definition) is 4. The van der Waals surface area contributed by atoms with Crippen LogP contribution in [0.25, 0.3) is 0 Å². The number of rotatable bonds is 3. The molecule has 22 heavy (non-hydrogen) atoms. The van der Waals surface area contributed by atoms with Crippen molar-refractivity contribution in [2.75, 3.05) is 18.6 Å². The SMILES string of the molecule is CCN1c2cc(O)ccc2C(C#N)C1c1ccc(OC)cc1. The van der Waals surface area contributed by atoms with E-state index in [9.17, 15) is 10.4 Å². The molecule has 0 spiro atoms. The van der Waals surface area contributed by atoms with Crippen LogP contribution in [0, 0.1) is 11.3 Å². The zero-order chi connectivity index (χ0) is 15.7. The summed E-state index contributed by atoms with van der Waals surface area (Å²) in [5, 5.41) is 19.4. The standard InChI is InChI=1S/C18H18N2O2/c1-3-20-17-10-13(21)6-9-15(17)16(11-19)18(20)12-4-7-14(22-2)8-5-12/h4-10,16,18,21H,3H2,1-2H3. The number of nitriles is 1. The third-order valence-corrected chi connectivity index (χ3v) is 4.25. The van der Waals surface area contributed by atoms with E-state index in [1.54, 1.807) is 19.2 Å². The minimum atomic E-state index is -0.246. The number of phenolic OH excluding ortho intramolecular Hbond substituents is 1. The number of ether oxygens (including phenoxy) is 1. The maximum absolute atomic E-state index is 9.77. The zero-order valence-electron chi connectivity index (χ0n) is 12.7. The molecule has 0 radical (unpaired) electrons. The summed E-state index contributed by atoms with van der Waals surface area (Å²) in [5.74, 6) is 0.779. The third kappa shape index (κ3) is 2.15. The van der Waals surface area contributed by atoms with Crippen LogP contribution < -0.4 is 9.64 Å². The van der Waals surface area contributed by atoms with Gasteiger partial charge < -0.3 is 14.7 Å². The van der Waals surface area contributed by atoms with Crippen LogP contribution in [0.3, 0.4) is 0 Å². The van der Waals surface area contributed by atoms with Crippen molar-refractivity contribution >= 4 is 5.69 Å². The fraction of sp³-hybridized carbons (Fsp3) is 0.278. The van der Waals surface area contributed by atoms with E-state index < -0.39 is 0 Å². The molecular formula is C18H18N2O2. The minimum absolute atomic E-state index is 0.0438. The smallest absolute Gasteiger partial charge is 0.118 e. The van der Waals surface area contributed by atoms with Crippen molar-refractivity contribution in [3.63, 3.8) is 0 Å². The Hall–Kier alpha value is -2.67. The molecule has 4 nitrogen and oxygen atoms in total. The van der Waals surface area contributed by atoms with Crippen molar-refractivity contribution in [3.8, 4) is 17.6 Å². The molecule has 0 saturated carbocycles. The van der Waals surface area contributed by atoms with Gasteiger partial charge in [0.25, 0.3) is 0 Å². The zero-order valence-corrected chi connectivity index (χ0v) is 12.7. The number of anilines is 1. The number of benzene rings is 2. The van der Waals surface area contributed by atoms with Gasteiger partial charge in [0, 0.05) is 18.3 Å². The lowest BCUT2D eigenvalue weighted by Crippen LogP contribution is -2.26. The lowest BCUT2D eigenvalue weighted by Gasteiger charge is -2.28. The highest BCUT2D eigenvalue weighted by atomic mass is 16.5. The lowest BCUT2D eigenvalue weighted by atomic mass is 9.91. The number of methoxy groups -OCH3 is 1. The first-order valence-corrected chi connectivity index (χ1v) is 7.32. The number of nitrogens with zero attached hydrogens (tertiary/aromatic N) is 2. The van der Waals surface area contributed by atoms with Gasteiger partial charge in [0.2, 0.25) is 0 Å². The molecule has 2 atom stereocenters. The van der Waals surface area contributed by atoms with Gasteiger partial charge in [0.15, 0.2) is 0 Å². The van der Waals surface area contributed by atoms with Crippen LogP contribution in [-0.4, -0.2) is 18.8 Å². The highest BCUT2D eigenvalue weighted by Gasteiger charge is 2.39. The molecule has 3 rings (SSSR count). The van der Waals surface area contributed by atoms with Crippen LogP contribution in [0.4, 0.5) is 5.69 Å². The fourth-order valence-corrected chi connectivity index (χ4v) is 3.22. The van der Waals surface area contributed by atoms with Gasteiger partial charge in [-0.05, 0) is 36.2 Å². The number of phenols is 1. The summed E-state index contributed by atoms with van der Waals surface area (Å²) in [6.45, 7) is 2.83. The van der Waals surface area contributed by atoms with E-state index in [0.29, 0.717) is 0 Å². The molecule has 2 aromatic carbocycles. The molecule has 1 aliphatic heterocycles. The van der Waals surface area contributed by atoms with Gasteiger partial charge in [-0.25, -0.2) is 0 Å². The van der Waals surface area contributed by atoms with Crippen molar-refractivity contribution in [2.45, 2.75) is 18.9 Å². The van der Waals surface area contributed by atoms with Gasteiger partial charge in [-0.2, -0.15) is 5.26 Å².